The Kier molecular flexibility index (Phi) is 6.14. The second kappa shape index (κ2) is 8.32. The van der Waals surface area contributed by atoms with Gasteiger partial charge in [0.2, 0.25) is 11.8 Å². The normalized spacial score (nSPS) is 23.4. The maximum atomic E-state index is 12.6. The lowest BCUT2D eigenvalue weighted by Crippen LogP contribution is -2.48. The van der Waals surface area contributed by atoms with E-state index in [9.17, 15) is 9.59 Å². The first-order valence-corrected chi connectivity index (χ1v) is 9.99. The minimum absolute atomic E-state index is 0.143. The molecule has 0 unspecified atom stereocenters. The third kappa shape index (κ3) is 4.11. The maximum absolute atomic E-state index is 12.6. The van der Waals surface area contributed by atoms with Crippen LogP contribution >= 0.6 is 0 Å². The molecule has 24 heavy (non-hydrogen) atoms. The number of likely N-dealkylation sites (tertiary alicyclic amines) is 2. The summed E-state index contributed by atoms with van der Waals surface area (Å²) in [6.07, 6.45) is 9.08. The van der Waals surface area contributed by atoms with Gasteiger partial charge in [0.25, 0.3) is 0 Å². The minimum Gasteiger partial charge on any atom is -0.342 e. The van der Waals surface area contributed by atoms with Gasteiger partial charge in [-0.05, 0) is 45.1 Å². The largest absolute Gasteiger partial charge is 0.342 e. The Hall–Kier alpha value is -1.10. The summed E-state index contributed by atoms with van der Waals surface area (Å²) in [4.78, 5) is 31.5. The Morgan fingerprint density at radius 3 is 2.08 bits per heavy atom. The van der Waals surface area contributed by atoms with Gasteiger partial charge in [-0.1, -0.05) is 19.8 Å². The van der Waals surface area contributed by atoms with E-state index in [-0.39, 0.29) is 11.8 Å². The molecule has 0 atom stereocenters. The second-order valence-electron chi connectivity index (χ2n) is 7.69. The Bertz CT molecular complexity index is 434. The van der Waals surface area contributed by atoms with Gasteiger partial charge < -0.3 is 9.80 Å². The van der Waals surface area contributed by atoms with E-state index in [1.165, 1.54) is 25.7 Å². The van der Waals surface area contributed by atoms with Crippen molar-refractivity contribution in [3.8, 4) is 0 Å². The first-order valence-electron chi connectivity index (χ1n) is 9.99. The van der Waals surface area contributed by atoms with Crippen molar-refractivity contribution in [1.82, 2.24) is 14.7 Å². The van der Waals surface area contributed by atoms with Gasteiger partial charge in [-0.25, -0.2) is 0 Å². The highest BCUT2D eigenvalue weighted by Crippen LogP contribution is 2.25. The molecule has 5 nitrogen and oxygen atoms in total. The molecule has 2 saturated heterocycles. The molecule has 0 aromatic rings. The molecule has 1 saturated carbocycles. The van der Waals surface area contributed by atoms with E-state index in [2.05, 4.69) is 11.8 Å². The average molecular weight is 335 g/mol. The van der Waals surface area contributed by atoms with Crippen LogP contribution in [0.5, 0.6) is 0 Å². The van der Waals surface area contributed by atoms with Crippen LogP contribution in [-0.2, 0) is 9.59 Å². The smallest absolute Gasteiger partial charge is 0.236 e. The molecule has 0 aromatic carbocycles. The Balaban J connectivity index is 1.45. The maximum Gasteiger partial charge on any atom is 0.236 e. The van der Waals surface area contributed by atoms with E-state index in [1.807, 2.05) is 9.80 Å². The van der Waals surface area contributed by atoms with Crippen LogP contribution in [0, 0.1) is 5.92 Å². The van der Waals surface area contributed by atoms with Crippen molar-refractivity contribution in [2.24, 2.45) is 5.92 Å². The third-order valence-electron chi connectivity index (χ3n) is 6.20. The molecule has 0 aromatic heterocycles. The molecule has 3 fully saturated rings. The SMILES string of the molecule is CCN(CC(=O)N1CCC(C(=O)N2CCCC2)CC1)C1CCCC1. The van der Waals surface area contributed by atoms with Gasteiger partial charge in [0.1, 0.15) is 0 Å². The number of nitrogens with zero attached hydrogens (tertiary/aromatic N) is 3. The van der Waals surface area contributed by atoms with E-state index in [0.717, 1.165) is 58.4 Å². The van der Waals surface area contributed by atoms with Crippen molar-refractivity contribution < 1.29 is 9.59 Å². The fourth-order valence-corrected chi connectivity index (χ4v) is 4.61. The fourth-order valence-electron chi connectivity index (χ4n) is 4.61. The lowest BCUT2D eigenvalue weighted by atomic mass is 9.95. The average Bonchev–Trinajstić information content (AvgIpc) is 3.32. The van der Waals surface area contributed by atoms with Crippen LogP contribution in [0.3, 0.4) is 0 Å². The summed E-state index contributed by atoms with van der Waals surface area (Å²) in [6, 6.07) is 0.605. The predicted molar refractivity (Wildman–Crippen MR) is 94.6 cm³/mol. The number of amides is 2. The number of carbonyl (C=O) groups excluding carboxylic acids is 2. The summed E-state index contributed by atoms with van der Waals surface area (Å²) in [5, 5.41) is 0. The molecule has 0 bridgehead atoms. The molecule has 5 heteroatoms. The molecule has 3 rings (SSSR count). The van der Waals surface area contributed by atoms with Crippen molar-refractivity contribution >= 4 is 11.8 Å². The third-order valence-corrected chi connectivity index (χ3v) is 6.20. The zero-order chi connectivity index (χ0) is 16.9. The molecular formula is C19H33N3O2. The van der Waals surface area contributed by atoms with Gasteiger partial charge in [-0.2, -0.15) is 0 Å². The summed E-state index contributed by atoms with van der Waals surface area (Å²) in [5.74, 6) is 0.737. The van der Waals surface area contributed by atoms with E-state index in [1.54, 1.807) is 0 Å². The molecule has 3 aliphatic rings. The first-order chi connectivity index (χ1) is 11.7. The van der Waals surface area contributed by atoms with Gasteiger partial charge in [0, 0.05) is 38.1 Å². The predicted octanol–water partition coefficient (Wildman–Crippen LogP) is 2.11. The Morgan fingerprint density at radius 2 is 1.50 bits per heavy atom. The fraction of sp³-hybridized carbons (Fsp3) is 0.895. The number of piperidine rings is 1. The van der Waals surface area contributed by atoms with Gasteiger partial charge >= 0.3 is 0 Å². The van der Waals surface area contributed by atoms with Crippen LogP contribution in [0.4, 0.5) is 0 Å². The highest BCUT2D eigenvalue weighted by molar-refractivity contribution is 5.81. The molecule has 2 aliphatic heterocycles. The summed E-state index contributed by atoms with van der Waals surface area (Å²) in [6.45, 7) is 7.06. The number of likely N-dealkylation sites (N-methyl/N-ethyl adjacent to an activating group) is 1. The Morgan fingerprint density at radius 1 is 0.875 bits per heavy atom. The standard InChI is InChI=1S/C19H33N3O2/c1-2-20(17-7-3-4-8-17)15-18(23)21-13-9-16(10-14-21)19(24)22-11-5-6-12-22/h16-17H,2-15H2,1H3. The highest BCUT2D eigenvalue weighted by Gasteiger charge is 2.32. The van der Waals surface area contributed by atoms with Gasteiger partial charge in [0.15, 0.2) is 0 Å². The summed E-state index contributed by atoms with van der Waals surface area (Å²) in [7, 11) is 0. The van der Waals surface area contributed by atoms with Gasteiger partial charge in [0.05, 0.1) is 6.54 Å². The minimum atomic E-state index is 0.143. The zero-order valence-electron chi connectivity index (χ0n) is 15.2. The van der Waals surface area contributed by atoms with Crippen molar-refractivity contribution in [3.63, 3.8) is 0 Å². The van der Waals surface area contributed by atoms with Gasteiger partial charge in [-0.3, -0.25) is 14.5 Å². The lowest BCUT2D eigenvalue weighted by Gasteiger charge is -2.35. The monoisotopic (exact) mass is 335 g/mol. The molecule has 0 spiro atoms. The van der Waals surface area contributed by atoms with Crippen LogP contribution in [0.2, 0.25) is 0 Å². The summed E-state index contributed by atoms with van der Waals surface area (Å²) < 4.78 is 0. The van der Waals surface area contributed by atoms with Crippen LogP contribution in [0.15, 0.2) is 0 Å². The van der Waals surface area contributed by atoms with E-state index >= 15 is 0 Å². The molecule has 2 heterocycles. The number of rotatable bonds is 5. The van der Waals surface area contributed by atoms with Crippen LogP contribution in [-0.4, -0.2) is 71.8 Å². The van der Waals surface area contributed by atoms with Gasteiger partial charge in [-0.15, -0.1) is 0 Å². The Labute approximate surface area is 146 Å². The van der Waals surface area contributed by atoms with E-state index in [0.29, 0.717) is 18.5 Å². The molecule has 0 radical (unpaired) electrons. The quantitative estimate of drug-likeness (QED) is 0.773. The van der Waals surface area contributed by atoms with Crippen LogP contribution < -0.4 is 0 Å². The second-order valence-corrected chi connectivity index (χ2v) is 7.69. The molecular weight excluding hydrogens is 302 g/mol. The number of hydrogen-bond donors (Lipinski definition) is 0. The molecule has 1 aliphatic carbocycles. The lowest BCUT2D eigenvalue weighted by molar-refractivity contribution is -0.140. The topological polar surface area (TPSA) is 43.9 Å². The highest BCUT2D eigenvalue weighted by atomic mass is 16.2. The first kappa shape index (κ1) is 17.7. The van der Waals surface area contributed by atoms with Crippen LogP contribution in [0.25, 0.3) is 0 Å². The van der Waals surface area contributed by atoms with Crippen molar-refractivity contribution in [2.75, 3.05) is 39.3 Å². The molecule has 136 valence electrons. The molecule has 2 amide bonds. The van der Waals surface area contributed by atoms with E-state index in [4.69, 9.17) is 0 Å². The van der Waals surface area contributed by atoms with Crippen molar-refractivity contribution in [2.45, 2.75) is 64.3 Å². The number of hydrogen-bond acceptors (Lipinski definition) is 3. The van der Waals surface area contributed by atoms with Crippen LogP contribution in [0.1, 0.15) is 58.3 Å². The van der Waals surface area contributed by atoms with Crippen molar-refractivity contribution in [3.05, 3.63) is 0 Å². The zero-order valence-corrected chi connectivity index (χ0v) is 15.2. The van der Waals surface area contributed by atoms with E-state index < -0.39 is 0 Å². The summed E-state index contributed by atoms with van der Waals surface area (Å²) >= 11 is 0. The van der Waals surface area contributed by atoms with Crippen molar-refractivity contribution in [1.29, 1.82) is 0 Å². The molecule has 0 N–H and O–H groups in total. The summed E-state index contributed by atoms with van der Waals surface area (Å²) in [5.41, 5.74) is 0. The number of carbonyl (C=O) groups is 2.